The zero-order valence-electron chi connectivity index (χ0n) is 17.3. The Morgan fingerprint density at radius 3 is 2.69 bits per heavy atom. The van der Waals surface area contributed by atoms with Crippen LogP contribution in [0.4, 0.5) is 11.8 Å². The number of imidazole rings is 1. The number of aliphatic hydroxyl groups excluding tert-OH is 1. The highest BCUT2D eigenvalue weighted by atomic mass is 16.5. The maximum absolute atomic E-state index is 9.49. The molecule has 1 unspecified atom stereocenters. The van der Waals surface area contributed by atoms with Gasteiger partial charge < -0.3 is 25.9 Å². The number of hydrogen-bond donors (Lipinski definition) is 4. The second-order valence-corrected chi connectivity index (χ2v) is 7.87. The lowest BCUT2D eigenvalue weighted by Crippen LogP contribution is -2.17. The summed E-state index contributed by atoms with van der Waals surface area (Å²) in [5.41, 5.74) is 8.53. The van der Waals surface area contributed by atoms with Crippen LogP contribution < -0.4 is 15.8 Å². The van der Waals surface area contributed by atoms with Crippen LogP contribution in [0.3, 0.4) is 0 Å². The number of anilines is 2. The molecular weight excluding hydrogens is 370 g/mol. The van der Waals surface area contributed by atoms with Gasteiger partial charge >= 0.3 is 0 Å². The zero-order chi connectivity index (χ0) is 21.2. The van der Waals surface area contributed by atoms with Crippen molar-refractivity contribution in [3.63, 3.8) is 0 Å². The predicted octanol–water partition coefficient (Wildman–Crippen LogP) is 2.61. The lowest BCUT2D eigenvalue weighted by atomic mass is 9.96. The molecule has 0 saturated heterocycles. The van der Waals surface area contributed by atoms with E-state index in [1.54, 1.807) is 32.5 Å². The molecule has 3 rings (SSSR count). The third-order valence-corrected chi connectivity index (χ3v) is 4.26. The van der Waals surface area contributed by atoms with Crippen molar-refractivity contribution in [2.24, 2.45) is 0 Å². The molecule has 0 saturated carbocycles. The maximum atomic E-state index is 9.49. The molecule has 0 spiro atoms. The fraction of sp³-hybridized carbons (Fsp3) is 0.400. The van der Waals surface area contributed by atoms with Crippen LogP contribution in [0.15, 0.2) is 24.5 Å². The van der Waals surface area contributed by atoms with Gasteiger partial charge in [0, 0.05) is 29.9 Å². The van der Waals surface area contributed by atoms with Crippen molar-refractivity contribution in [2.75, 3.05) is 24.7 Å². The van der Waals surface area contributed by atoms with E-state index < -0.39 is 6.10 Å². The van der Waals surface area contributed by atoms with Crippen molar-refractivity contribution in [1.82, 2.24) is 24.9 Å². The standard InChI is InChI=1S/C20H27N7O2/c1-11(28)9-24-19-22-7-6-13(25-19)16-15(26-18(27-16)20(2,3)4)12-8-14(29-5)17(21)23-10-12/h6-8,10-11,28H,9H2,1-5H3,(H2,21,23)(H,26,27)(H,22,24,25). The van der Waals surface area contributed by atoms with Crippen LogP contribution in [-0.2, 0) is 5.41 Å². The Labute approximate surface area is 169 Å². The number of aliphatic hydroxyl groups is 1. The Morgan fingerprint density at radius 1 is 1.28 bits per heavy atom. The molecule has 3 aromatic rings. The van der Waals surface area contributed by atoms with Gasteiger partial charge in [0.05, 0.1) is 30.3 Å². The predicted molar refractivity (Wildman–Crippen MR) is 113 cm³/mol. The minimum Gasteiger partial charge on any atom is -0.493 e. The molecule has 154 valence electrons. The summed E-state index contributed by atoms with van der Waals surface area (Å²) < 4.78 is 5.32. The quantitative estimate of drug-likeness (QED) is 0.498. The average molecular weight is 397 g/mol. The summed E-state index contributed by atoms with van der Waals surface area (Å²) in [4.78, 5) is 21.2. The Balaban J connectivity index is 2.11. The number of methoxy groups -OCH3 is 1. The number of H-pyrrole nitrogens is 1. The van der Waals surface area contributed by atoms with Crippen molar-refractivity contribution in [3.8, 4) is 28.4 Å². The van der Waals surface area contributed by atoms with Gasteiger partial charge in [-0.25, -0.2) is 19.9 Å². The van der Waals surface area contributed by atoms with E-state index in [4.69, 9.17) is 15.5 Å². The van der Waals surface area contributed by atoms with Gasteiger partial charge in [-0.3, -0.25) is 0 Å². The molecule has 0 amide bonds. The van der Waals surface area contributed by atoms with Crippen molar-refractivity contribution < 1.29 is 9.84 Å². The largest absolute Gasteiger partial charge is 0.493 e. The molecule has 1 atom stereocenters. The van der Waals surface area contributed by atoms with Crippen molar-refractivity contribution >= 4 is 11.8 Å². The number of aromatic nitrogens is 5. The van der Waals surface area contributed by atoms with E-state index >= 15 is 0 Å². The van der Waals surface area contributed by atoms with Gasteiger partial charge in [0.15, 0.2) is 11.6 Å². The van der Waals surface area contributed by atoms with E-state index in [0.29, 0.717) is 35.4 Å². The Hall–Kier alpha value is -3.20. The Kier molecular flexibility index (Phi) is 5.69. The fourth-order valence-electron chi connectivity index (χ4n) is 2.69. The smallest absolute Gasteiger partial charge is 0.223 e. The molecule has 3 aromatic heterocycles. The van der Waals surface area contributed by atoms with E-state index in [1.165, 1.54) is 0 Å². The third-order valence-electron chi connectivity index (χ3n) is 4.26. The fourth-order valence-corrected chi connectivity index (χ4v) is 2.69. The lowest BCUT2D eigenvalue weighted by molar-refractivity contribution is 0.208. The van der Waals surface area contributed by atoms with Crippen molar-refractivity contribution in [3.05, 3.63) is 30.4 Å². The van der Waals surface area contributed by atoms with Gasteiger partial charge in [-0.05, 0) is 19.1 Å². The lowest BCUT2D eigenvalue weighted by Gasteiger charge is -2.14. The number of nitrogens with two attached hydrogens (primary N) is 1. The highest BCUT2D eigenvalue weighted by Crippen LogP contribution is 2.34. The van der Waals surface area contributed by atoms with Crippen LogP contribution in [-0.4, -0.2) is 49.8 Å². The van der Waals surface area contributed by atoms with E-state index in [1.807, 2.05) is 6.07 Å². The third kappa shape index (κ3) is 4.62. The zero-order valence-corrected chi connectivity index (χ0v) is 17.3. The summed E-state index contributed by atoms with van der Waals surface area (Å²) >= 11 is 0. The molecule has 0 aliphatic heterocycles. The van der Waals surface area contributed by atoms with E-state index in [-0.39, 0.29) is 5.41 Å². The number of nitrogens with zero attached hydrogens (tertiary/aromatic N) is 4. The number of rotatable bonds is 6. The number of pyridine rings is 1. The molecular formula is C20H27N7O2. The van der Waals surface area contributed by atoms with Crippen LogP contribution in [0.2, 0.25) is 0 Å². The highest BCUT2D eigenvalue weighted by molar-refractivity contribution is 5.78. The van der Waals surface area contributed by atoms with E-state index in [9.17, 15) is 5.11 Å². The first-order valence-corrected chi connectivity index (χ1v) is 9.34. The molecule has 9 nitrogen and oxygen atoms in total. The van der Waals surface area contributed by atoms with Gasteiger partial charge in [0.1, 0.15) is 5.82 Å². The van der Waals surface area contributed by atoms with Crippen LogP contribution in [0.5, 0.6) is 5.75 Å². The number of hydrogen-bond acceptors (Lipinski definition) is 8. The normalized spacial score (nSPS) is 12.6. The van der Waals surface area contributed by atoms with Crippen molar-refractivity contribution in [1.29, 1.82) is 0 Å². The Bertz CT molecular complexity index is 993. The number of nitrogens with one attached hydrogen (secondary N) is 2. The molecule has 3 heterocycles. The number of aromatic amines is 1. The average Bonchev–Trinajstić information content (AvgIpc) is 3.13. The SMILES string of the molecule is COc1cc(-c2nc(C(C)(C)C)[nH]c2-c2ccnc(NCC(C)O)n2)cnc1N. The molecule has 29 heavy (non-hydrogen) atoms. The van der Waals surface area contributed by atoms with Gasteiger partial charge in [-0.2, -0.15) is 0 Å². The summed E-state index contributed by atoms with van der Waals surface area (Å²) in [6, 6.07) is 3.61. The molecule has 9 heteroatoms. The maximum Gasteiger partial charge on any atom is 0.223 e. The highest BCUT2D eigenvalue weighted by Gasteiger charge is 2.24. The summed E-state index contributed by atoms with van der Waals surface area (Å²) in [5.74, 6) is 2.04. The molecule has 0 radical (unpaired) electrons. The molecule has 0 aliphatic rings. The molecule has 0 fully saturated rings. The first-order chi connectivity index (χ1) is 13.7. The minimum atomic E-state index is -0.509. The van der Waals surface area contributed by atoms with Gasteiger partial charge in [-0.15, -0.1) is 0 Å². The molecule has 0 aliphatic carbocycles. The number of nitrogen functional groups attached to an aromatic ring is 1. The first kappa shape index (κ1) is 20.5. The van der Waals surface area contributed by atoms with Crippen LogP contribution >= 0.6 is 0 Å². The van der Waals surface area contributed by atoms with Gasteiger partial charge in [-0.1, -0.05) is 20.8 Å². The number of ether oxygens (including phenoxy) is 1. The summed E-state index contributed by atoms with van der Waals surface area (Å²) in [6.07, 6.45) is 2.82. The summed E-state index contributed by atoms with van der Waals surface area (Å²) in [5, 5.41) is 12.5. The summed E-state index contributed by atoms with van der Waals surface area (Å²) in [6.45, 7) is 8.29. The first-order valence-electron chi connectivity index (χ1n) is 9.34. The second kappa shape index (κ2) is 8.04. The summed E-state index contributed by atoms with van der Waals surface area (Å²) in [7, 11) is 1.55. The Morgan fingerprint density at radius 2 is 2.03 bits per heavy atom. The van der Waals surface area contributed by atoms with Crippen molar-refractivity contribution in [2.45, 2.75) is 39.2 Å². The molecule has 0 bridgehead atoms. The van der Waals surface area contributed by atoms with Crippen LogP contribution in [0.1, 0.15) is 33.5 Å². The van der Waals surface area contributed by atoms with E-state index in [2.05, 4.69) is 46.0 Å². The van der Waals surface area contributed by atoms with Crippen LogP contribution in [0.25, 0.3) is 22.6 Å². The monoisotopic (exact) mass is 397 g/mol. The van der Waals surface area contributed by atoms with Crippen LogP contribution in [0, 0.1) is 0 Å². The van der Waals surface area contributed by atoms with Gasteiger partial charge in [0.25, 0.3) is 0 Å². The molecule has 0 aromatic carbocycles. The topological polar surface area (TPSA) is 135 Å². The van der Waals surface area contributed by atoms with Gasteiger partial charge in [0.2, 0.25) is 5.95 Å². The van der Waals surface area contributed by atoms with E-state index in [0.717, 1.165) is 17.1 Å². The second-order valence-electron chi connectivity index (χ2n) is 7.87. The molecule has 5 N–H and O–H groups in total. The minimum absolute atomic E-state index is 0.196.